The summed E-state index contributed by atoms with van der Waals surface area (Å²) < 4.78 is 63.4. The van der Waals surface area contributed by atoms with E-state index in [4.69, 9.17) is 4.74 Å². The highest BCUT2D eigenvalue weighted by molar-refractivity contribution is 7.39. The van der Waals surface area contributed by atoms with Gasteiger partial charge in [-0.2, -0.15) is 13.2 Å². The first kappa shape index (κ1) is 23.6. The predicted octanol–water partition coefficient (Wildman–Crippen LogP) is 5.07. The highest BCUT2D eigenvalue weighted by Crippen LogP contribution is 2.48. The molecule has 0 N–H and O–H groups in total. The van der Waals surface area contributed by atoms with Crippen LogP contribution >= 0.6 is 8.73 Å². The second kappa shape index (κ2) is 8.99. The predicted molar refractivity (Wildman–Crippen MR) is 105 cm³/mol. The van der Waals surface area contributed by atoms with E-state index in [0.29, 0.717) is 0 Å². The zero-order valence-corrected chi connectivity index (χ0v) is 18.1. The van der Waals surface area contributed by atoms with E-state index >= 15 is 4.39 Å². The number of ether oxygens (including phenoxy) is 1. The Balaban J connectivity index is 2.59. The molecule has 0 bridgehead atoms. The van der Waals surface area contributed by atoms with Crippen LogP contribution in [0.1, 0.15) is 49.3 Å². The Morgan fingerprint density at radius 1 is 1.38 bits per heavy atom. The first-order chi connectivity index (χ1) is 13.4. The van der Waals surface area contributed by atoms with Crippen molar-refractivity contribution in [3.8, 4) is 0 Å². The summed E-state index contributed by atoms with van der Waals surface area (Å²) in [5.41, 5.74) is -1.49. The van der Waals surface area contributed by atoms with Gasteiger partial charge in [-0.1, -0.05) is 6.92 Å². The van der Waals surface area contributed by atoms with Gasteiger partial charge in [0.15, 0.2) is 5.82 Å². The Kier molecular flexibility index (Phi) is 7.31. The molecule has 2 unspecified atom stereocenters. The van der Waals surface area contributed by atoms with Gasteiger partial charge in [0.2, 0.25) is 0 Å². The van der Waals surface area contributed by atoms with Crippen LogP contribution in [0.3, 0.4) is 0 Å². The molecule has 0 heterocycles. The second-order valence-corrected chi connectivity index (χ2v) is 8.51. The topological polar surface area (TPSA) is 46.6 Å². The van der Waals surface area contributed by atoms with Crippen molar-refractivity contribution in [3.63, 3.8) is 0 Å². The average Bonchev–Trinajstić information content (AvgIpc) is 2.63. The van der Waals surface area contributed by atoms with Crippen LogP contribution in [0.15, 0.2) is 6.07 Å². The van der Waals surface area contributed by atoms with Crippen LogP contribution in [0.25, 0.3) is 0 Å². The molecule has 1 aliphatic rings. The maximum Gasteiger partial charge on any atom is 0.417 e. The largest absolute Gasteiger partial charge is 0.465 e. The molecule has 0 radical (unpaired) electrons. The molecule has 4 nitrogen and oxygen atoms in total. The summed E-state index contributed by atoms with van der Waals surface area (Å²) in [6, 6.07) is 1.20. The summed E-state index contributed by atoms with van der Waals surface area (Å²) in [5, 5.41) is 0. The molecule has 1 saturated carbocycles. The number of ketones is 1. The zero-order valence-electron chi connectivity index (χ0n) is 17.1. The van der Waals surface area contributed by atoms with Gasteiger partial charge in [-0.15, -0.1) is 0 Å². The maximum atomic E-state index is 15.4. The monoisotopic (exact) mass is 435 g/mol. The third-order valence-electron chi connectivity index (χ3n) is 5.50. The number of halogens is 4. The van der Waals surface area contributed by atoms with Crippen molar-refractivity contribution >= 4 is 26.2 Å². The van der Waals surface area contributed by atoms with E-state index in [2.05, 4.69) is 0 Å². The van der Waals surface area contributed by atoms with Crippen LogP contribution in [0.5, 0.6) is 0 Å². The van der Waals surface area contributed by atoms with Crippen molar-refractivity contribution in [2.75, 3.05) is 25.0 Å². The molecule has 1 aromatic rings. The van der Waals surface area contributed by atoms with Gasteiger partial charge in [0.1, 0.15) is 11.7 Å². The van der Waals surface area contributed by atoms with Gasteiger partial charge < -0.3 is 9.41 Å². The normalized spacial score (nSPS) is 22.9. The maximum absolute atomic E-state index is 15.4. The van der Waals surface area contributed by atoms with Crippen molar-refractivity contribution < 1.29 is 31.9 Å². The van der Waals surface area contributed by atoms with E-state index in [-0.39, 0.29) is 39.4 Å². The van der Waals surface area contributed by atoms with E-state index < -0.39 is 52.6 Å². The molecule has 9 heteroatoms. The van der Waals surface area contributed by atoms with Crippen LogP contribution in [-0.4, -0.2) is 32.1 Å². The van der Waals surface area contributed by atoms with Gasteiger partial charge in [0.05, 0.1) is 17.9 Å². The lowest BCUT2D eigenvalue weighted by Crippen LogP contribution is -2.36. The second-order valence-electron chi connectivity index (χ2n) is 7.39. The Bertz CT molecular complexity index is 797. The van der Waals surface area contributed by atoms with Gasteiger partial charge in [-0.05, 0) is 59.1 Å². The fourth-order valence-electron chi connectivity index (χ4n) is 3.97. The standard InChI is InChI=1S/C20H26F4NO3P/c1-6-28-19(27)13-7-10(2)12(9-15(13)26)16-17(20(22,23)24)11(3)8-14(18(16)21)25(4)29-5/h8,10,12-13,29H,6-7,9H2,1-5H3/t10-,12-,13?/m1/s1. The lowest BCUT2D eigenvalue weighted by molar-refractivity contribution is -0.154. The van der Waals surface area contributed by atoms with Crippen molar-refractivity contribution in [1.29, 1.82) is 0 Å². The molecular weight excluding hydrogens is 409 g/mol. The van der Waals surface area contributed by atoms with E-state index in [1.165, 1.54) is 13.0 Å². The zero-order chi connectivity index (χ0) is 22.1. The SMILES string of the molecule is CCOC(=O)C1C[C@@H](C)[C@H](c2c(F)c(N(C)PC)cc(C)c2C(F)(F)F)CC1=O. The smallest absolute Gasteiger partial charge is 0.417 e. The highest BCUT2D eigenvalue weighted by Gasteiger charge is 2.45. The molecule has 1 aliphatic carbocycles. The first-order valence-corrected chi connectivity index (χ1v) is 10.9. The van der Waals surface area contributed by atoms with E-state index in [1.807, 2.05) is 0 Å². The summed E-state index contributed by atoms with van der Waals surface area (Å²) in [5.74, 6) is -4.59. The van der Waals surface area contributed by atoms with Gasteiger partial charge in [-0.3, -0.25) is 9.59 Å². The molecule has 162 valence electrons. The molecule has 0 amide bonds. The number of anilines is 1. The number of aryl methyl sites for hydroxylation is 1. The number of benzene rings is 1. The fraction of sp³-hybridized carbons (Fsp3) is 0.600. The van der Waals surface area contributed by atoms with Gasteiger partial charge in [0, 0.05) is 19.0 Å². The molecular formula is C20H26F4NO3P. The van der Waals surface area contributed by atoms with Crippen LogP contribution in [0.2, 0.25) is 0 Å². The van der Waals surface area contributed by atoms with Crippen molar-refractivity contribution in [3.05, 3.63) is 28.6 Å². The van der Waals surface area contributed by atoms with E-state index in [9.17, 15) is 22.8 Å². The number of hydrogen-bond donors (Lipinski definition) is 0. The Labute approximate surface area is 169 Å². The Hall–Kier alpha value is -1.69. The van der Waals surface area contributed by atoms with Crippen LogP contribution in [-0.2, 0) is 20.5 Å². The molecule has 29 heavy (non-hydrogen) atoms. The number of nitrogens with zero attached hydrogens (tertiary/aromatic N) is 1. The number of alkyl halides is 3. The third kappa shape index (κ3) is 4.73. The molecule has 0 aliphatic heterocycles. The minimum atomic E-state index is -4.76. The Morgan fingerprint density at radius 2 is 2.00 bits per heavy atom. The Morgan fingerprint density at radius 3 is 2.52 bits per heavy atom. The van der Waals surface area contributed by atoms with E-state index in [1.54, 1.807) is 32.2 Å². The molecule has 4 atom stereocenters. The number of carbonyl (C=O) groups excluding carboxylic acids is 2. The van der Waals surface area contributed by atoms with Crippen molar-refractivity contribution in [2.45, 2.75) is 45.7 Å². The molecule has 1 fully saturated rings. The van der Waals surface area contributed by atoms with Crippen molar-refractivity contribution in [1.82, 2.24) is 0 Å². The minimum absolute atomic E-state index is 0.0354. The minimum Gasteiger partial charge on any atom is -0.465 e. The highest BCUT2D eigenvalue weighted by atomic mass is 31.1. The summed E-state index contributed by atoms with van der Waals surface area (Å²) in [7, 11) is 1.77. The summed E-state index contributed by atoms with van der Waals surface area (Å²) in [6.45, 7) is 6.47. The third-order valence-corrected chi connectivity index (χ3v) is 6.42. The molecule has 0 spiro atoms. The van der Waals surface area contributed by atoms with Crippen LogP contribution in [0.4, 0.5) is 23.2 Å². The summed E-state index contributed by atoms with van der Waals surface area (Å²) >= 11 is 0. The van der Waals surface area contributed by atoms with Crippen LogP contribution < -0.4 is 4.67 Å². The number of Topliss-reactive ketones (excluding diaryl/α,β-unsaturated/α-hetero) is 1. The number of esters is 1. The average molecular weight is 435 g/mol. The summed E-state index contributed by atoms with van der Waals surface area (Å²) in [6.07, 6.45) is -5.05. The quantitative estimate of drug-likeness (QED) is 0.280. The molecule has 0 saturated heterocycles. The van der Waals surface area contributed by atoms with Gasteiger partial charge in [0.25, 0.3) is 0 Å². The first-order valence-electron chi connectivity index (χ1n) is 9.44. The van der Waals surface area contributed by atoms with Gasteiger partial charge in [-0.25, -0.2) is 4.39 Å². The number of carbonyl (C=O) groups is 2. The molecule has 1 aromatic carbocycles. The number of hydrogen-bond acceptors (Lipinski definition) is 4. The molecule has 2 rings (SSSR count). The van der Waals surface area contributed by atoms with E-state index in [0.717, 1.165) is 0 Å². The lowest BCUT2D eigenvalue weighted by atomic mass is 9.69. The van der Waals surface area contributed by atoms with Gasteiger partial charge >= 0.3 is 12.1 Å². The van der Waals surface area contributed by atoms with Crippen LogP contribution in [0, 0.1) is 24.6 Å². The van der Waals surface area contributed by atoms with Crippen molar-refractivity contribution in [2.24, 2.45) is 11.8 Å². The lowest BCUT2D eigenvalue weighted by Gasteiger charge is -2.35. The fourth-order valence-corrected chi connectivity index (χ4v) is 4.38. The molecule has 0 aromatic heterocycles. The number of rotatable bonds is 5. The summed E-state index contributed by atoms with van der Waals surface area (Å²) in [4.78, 5) is 24.6.